The number of sulfonamides is 2. The maximum absolute atomic E-state index is 12.0. The van der Waals surface area contributed by atoms with Crippen LogP contribution in [0.1, 0.15) is 11.3 Å². The minimum Gasteiger partial charge on any atom is -0.352 e. The lowest BCUT2D eigenvalue weighted by atomic mass is 10.2. The van der Waals surface area contributed by atoms with Crippen molar-refractivity contribution in [1.82, 2.24) is 10.3 Å². The Morgan fingerprint density at radius 1 is 1.12 bits per heavy atom. The van der Waals surface area contributed by atoms with Crippen LogP contribution < -0.4 is 14.8 Å². The number of nitrogens with zero attached hydrogens (tertiary/aromatic N) is 1. The summed E-state index contributed by atoms with van der Waals surface area (Å²) >= 11 is 1.09. The average molecular weight is 419 g/mol. The molecular weight excluding hydrogens is 400 g/mol. The molecule has 26 heavy (non-hydrogen) atoms. The lowest BCUT2D eigenvalue weighted by molar-refractivity contribution is -0.120. The van der Waals surface area contributed by atoms with Gasteiger partial charge in [-0.1, -0.05) is 12.1 Å². The summed E-state index contributed by atoms with van der Waals surface area (Å²) in [5, 5.41) is 4.51. The van der Waals surface area contributed by atoms with Gasteiger partial charge in [-0.05, 0) is 17.7 Å². The quantitative estimate of drug-likeness (QED) is 0.579. The van der Waals surface area contributed by atoms with Crippen molar-refractivity contribution in [2.24, 2.45) is 0 Å². The summed E-state index contributed by atoms with van der Waals surface area (Å²) in [7, 11) is -6.78. The van der Waals surface area contributed by atoms with E-state index in [0.29, 0.717) is 11.4 Å². The van der Waals surface area contributed by atoms with E-state index in [1.807, 2.05) is 0 Å². The van der Waals surface area contributed by atoms with Crippen LogP contribution in [0.2, 0.25) is 0 Å². The fourth-order valence-corrected chi connectivity index (χ4v) is 4.10. The van der Waals surface area contributed by atoms with Crippen molar-refractivity contribution in [2.45, 2.75) is 13.0 Å². The van der Waals surface area contributed by atoms with Gasteiger partial charge in [0.2, 0.25) is 26.0 Å². The first-order valence-electron chi connectivity index (χ1n) is 7.26. The summed E-state index contributed by atoms with van der Waals surface area (Å²) < 4.78 is 49.4. The fourth-order valence-electron chi connectivity index (χ4n) is 1.98. The standard InChI is InChI=1S/C14H18N4O5S3/c1-25(20,21)17-11-5-3-4-10(6-11)8-15-13(19)7-12-9-24-14(16-12)18-26(2,22)23/h3-6,9,17H,7-8H2,1-2H3,(H,15,19)(H,16,18). The van der Waals surface area contributed by atoms with Crippen molar-refractivity contribution in [3.05, 3.63) is 40.9 Å². The van der Waals surface area contributed by atoms with E-state index in [1.165, 1.54) is 0 Å². The SMILES string of the molecule is CS(=O)(=O)Nc1cccc(CNC(=O)Cc2csc(NS(C)(=O)=O)n2)c1. The Bertz CT molecular complexity index is 999. The van der Waals surface area contributed by atoms with Crippen LogP contribution in [-0.4, -0.2) is 40.2 Å². The lowest BCUT2D eigenvalue weighted by Crippen LogP contribution is -2.24. The van der Waals surface area contributed by atoms with E-state index in [4.69, 9.17) is 0 Å². The molecule has 3 N–H and O–H groups in total. The molecule has 0 saturated carbocycles. The van der Waals surface area contributed by atoms with Crippen LogP contribution in [0.3, 0.4) is 0 Å². The molecule has 0 fully saturated rings. The number of aromatic nitrogens is 1. The second-order valence-corrected chi connectivity index (χ2v) is 9.90. The van der Waals surface area contributed by atoms with Crippen LogP contribution in [0.5, 0.6) is 0 Å². The zero-order chi connectivity index (χ0) is 19.4. The molecule has 0 bridgehead atoms. The van der Waals surface area contributed by atoms with Gasteiger partial charge in [0.05, 0.1) is 24.6 Å². The predicted octanol–water partition coefficient (Wildman–Crippen LogP) is 0.745. The van der Waals surface area contributed by atoms with Crippen LogP contribution >= 0.6 is 11.3 Å². The number of nitrogens with one attached hydrogen (secondary N) is 3. The van der Waals surface area contributed by atoms with Crippen LogP contribution in [0.4, 0.5) is 10.8 Å². The highest BCUT2D eigenvalue weighted by Gasteiger charge is 2.10. The van der Waals surface area contributed by atoms with Gasteiger partial charge in [0.1, 0.15) is 0 Å². The first-order chi connectivity index (χ1) is 12.0. The van der Waals surface area contributed by atoms with Crippen molar-refractivity contribution in [1.29, 1.82) is 0 Å². The lowest BCUT2D eigenvalue weighted by Gasteiger charge is -2.08. The highest BCUT2D eigenvalue weighted by atomic mass is 32.2. The van der Waals surface area contributed by atoms with Gasteiger partial charge in [0.15, 0.2) is 5.13 Å². The third-order valence-corrected chi connectivity index (χ3v) is 4.99. The zero-order valence-electron chi connectivity index (χ0n) is 14.0. The van der Waals surface area contributed by atoms with Crippen LogP contribution in [0.25, 0.3) is 0 Å². The number of anilines is 2. The van der Waals surface area contributed by atoms with E-state index < -0.39 is 20.0 Å². The van der Waals surface area contributed by atoms with Gasteiger partial charge in [-0.2, -0.15) is 0 Å². The third-order valence-electron chi connectivity index (χ3n) is 2.89. The maximum Gasteiger partial charge on any atom is 0.231 e. The van der Waals surface area contributed by atoms with Crippen LogP contribution in [0.15, 0.2) is 29.6 Å². The number of thiazole rings is 1. The first-order valence-corrected chi connectivity index (χ1v) is 11.9. The second-order valence-electron chi connectivity index (χ2n) is 5.55. The van der Waals surface area contributed by atoms with Gasteiger partial charge < -0.3 is 5.32 Å². The summed E-state index contributed by atoms with van der Waals surface area (Å²) in [4.78, 5) is 16.0. The van der Waals surface area contributed by atoms with Crippen molar-refractivity contribution >= 4 is 48.1 Å². The Labute approximate surface area is 156 Å². The second kappa shape index (κ2) is 8.01. The molecule has 1 heterocycles. The molecule has 0 aliphatic rings. The van der Waals surface area contributed by atoms with Crippen LogP contribution in [-0.2, 0) is 37.8 Å². The van der Waals surface area contributed by atoms with E-state index >= 15 is 0 Å². The Morgan fingerprint density at radius 3 is 2.46 bits per heavy atom. The molecule has 0 aliphatic heterocycles. The molecule has 142 valence electrons. The van der Waals surface area contributed by atoms with Gasteiger partial charge >= 0.3 is 0 Å². The minimum atomic E-state index is -3.41. The van der Waals surface area contributed by atoms with Gasteiger partial charge in [0, 0.05) is 17.6 Å². The Balaban J connectivity index is 1.90. The molecule has 0 saturated heterocycles. The molecular formula is C14H18N4O5S3. The van der Waals surface area contributed by atoms with Gasteiger partial charge in [-0.15, -0.1) is 11.3 Å². The van der Waals surface area contributed by atoms with E-state index in [1.54, 1.807) is 29.6 Å². The Kier molecular flexibility index (Phi) is 6.21. The summed E-state index contributed by atoms with van der Waals surface area (Å²) in [6, 6.07) is 6.67. The number of hydrogen-bond donors (Lipinski definition) is 3. The summed E-state index contributed by atoms with van der Waals surface area (Å²) in [5.41, 5.74) is 1.59. The van der Waals surface area contributed by atoms with Gasteiger partial charge in [-0.3, -0.25) is 14.2 Å². The van der Waals surface area contributed by atoms with E-state index in [9.17, 15) is 21.6 Å². The molecule has 0 spiro atoms. The largest absolute Gasteiger partial charge is 0.352 e. The highest BCUT2D eigenvalue weighted by molar-refractivity contribution is 7.92. The zero-order valence-corrected chi connectivity index (χ0v) is 16.5. The summed E-state index contributed by atoms with van der Waals surface area (Å²) in [6.07, 6.45) is 2.08. The number of amides is 1. The van der Waals surface area contributed by atoms with E-state index in [-0.39, 0.29) is 24.0 Å². The van der Waals surface area contributed by atoms with Gasteiger partial charge in [0.25, 0.3) is 0 Å². The molecule has 0 radical (unpaired) electrons. The molecule has 9 nitrogen and oxygen atoms in total. The molecule has 0 aliphatic carbocycles. The third kappa shape index (κ3) is 7.37. The summed E-state index contributed by atoms with van der Waals surface area (Å²) in [6.45, 7) is 0.219. The average Bonchev–Trinajstić information content (AvgIpc) is 2.88. The molecule has 2 rings (SSSR count). The minimum absolute atomic E-state index is 0.00320. The Hall–Kier alpha value is -2.18. The molecule has 0 unspecified atom stereocenters. The maximum atomic E-state index is 12.0. The summed E-state index contributed by atoms with van der Waals surface area (Å²) in [5.74, 6) is -0.289. The Morgan fingerprint density at radius 2 is 1.81 bits per heavy atom. The normalized spacial score (nSPS) is 11.8. The van der Waals surface area contributed by atoms with E-state index in [0.717, 1.165) is 29.4 Å². The van der Waals surface area contributed by atoms with Crippen molar-refractivity contribution < 1.29 is 21.6 Å². The molecule has 12 heteroatoms. The highest BCUT2D eigenvalue weighted by Crippen LogP contribution is 2.17. The molecule has 1 aromatic carbocycles. The monoisotopic (exact) mass is 418 g/mol. The number of benzene rings is 1. The molecule has 2 aromatic rings. The fraction of sp³-hybridized carbons (Fsp3) is 0.286. The number of carbonyl (C=O) groups is 1. The van der Waals surface area contributed by atoms with Crippen molar-refractivity contribution in [3.63, 3.8) is 0 Å². The number of hydrogen-bond acceptors (Lipinski definition) is 7. The smallest absolute Gasteiger partial charge is 0.231 e. The van der Waals surface area contributed by atoms with Crippen LogP contribution in [0, 0.1) is 0 Å². The molecule has 0 atom stereocenters. The van der Waals surface area contributed by atoms with Gasteiger partial charge in [-0.25, -0.2) is 21.8 Å². The predicted molar refractivity (Wildman–Crippen MR) is 101 cm³/mol. The van der Waals surface area contributed by atoms with Crippen molar-refractivity contribution in [2.75, 3.05) is 22.0 Å². The molecule has 1 amide bonds. The molecule has 1 aromatic heterocycles. The number of carbonyl (C=O) groups excluding carboxylic acids is 1. The van der Waals surface area contributed by atoms with E-state index in [2.05, 4.69) is 19.7 Å². The topological polar surface area (TPSA) is 134 Å². The van der Waals surface area contributed by atoms with Crippen molar-refractivity contribution in [3.8, 4) is 0 Å². The number of rotatable bonds is 8. The first kappa shape index (κ1) is 20.1.